The van der Waals surface area contributed by atoms with Crippen molar-refractivity contribution in [2.75, 3.05) is 5.32 Å². The Kier molecular flexibility index (Phi) is 3.92. The zero-order valence-electron chi connectivity index (χ0n) is 13.1. The molecule has 3 rings (SSSR count). The molecule has 0 spiro atoms. The van der Waals surface area contributed by atoms with Crippen LogP contribution in [0.1, 0.15) is 13.8 Å². The molecule has 0 radical (unpaired) electrons. The number of carbonyl (C=O) groups is 1. The summed E-state index contributed by atoms with van der Waals surface area (Å²) in [6.45, 7) is 3.57. The molecule has 1 aromatic carbocycles. The molecule has 2 heterocycles. The van der Waals surface area contributed by atoms with Gasteiger partial charge in [0.1, 0.15) is 0 Å². The number of fused-ring (bicyclic) bond motifs is 1. The zero-order valence-corrected chi connectivity index (χ0v) is 13.1. The van der Waals surface area contributed by atoms with E-state index in [1.165, 1.54) is 0 Å². The highest BCUT2D eigenvalue weighted by molar-refractivity contribution is 5.89. The van der Waals surface area contributed by atoms with Crippen molar-refractivity contribution >= 4 is 22.8 Å². The molecule has 1 amide bonds. The number of hydrogen-bond acceptors (Lipinski definition) is 5. The molecule has 2 aromatic heterocycles. The fraction of sp³-hybridized carbons (Fsp3) is 0.250. The molecule has 0 aliphatic carbocycles. The Morgan fingerprint density at radius 2 is 2.04 bits per heavy atom. The predicted molar refractivity (Wildman–Crippen MR) is 87.0 cm³/mol. The van der Waals surface area contributed by atoms with Crippen molar-refractivity contribution < 1.29 is 9.53 Å². The maximum Gasteiger partial charge on any atom is 0.413 e. The summed E-state index contributed by atoms with van der Waals surface area (Å²) in [5.74, 6) is 0.353. The van der Waals surface area contributed by atoms with Gasteiger partial charge < -0.3 is 4.74 Å². The Morgan fingerprint density at radius 3 is 2.74 bits per heavy atom. The molecule has 0 atom stereocenters. The lowest BCUT2D eigenvalue weighted by Gasteiger charge is -2.09. The summed E-state index contributed by atoms with van der Waals surface area (Å²) in [7, 11) is 1.87. The van der Waals surface area contributed by atoms with E-state index in [1.807, 2.05) is 31.4 Å². The first-order valence-electron chi connectivity index (χ1n) is 7.25. The van der Waals surface area contributed by atoms with E-state index in [9.17, 15) is 4.79 Å². The van der Waals surface area contributed by atoms with Crippen LogP contribution < -0.4 is 5.32 Å². The minimum Gasteiger partial charge on any atom is -0.447 e. The van der Waals surface area contributed by atoms with Crippen molar-refractivity contribution in [3.63, 3.8) is 0 Å². The van der Waals surface area contributed by atoms with E-state index in [1.54, 1.807) is 30.8 Å². The first-order valence-corrected chi connectivity index (χ1v) is 7.25. The summed E-state index contributed by atoms with van der Waals surface area (Å²) in [5.41, 5.74) is 2.79. The number of anilines is 1. The van der Waals surface area contributed by atoms with Crippen LogP contribution in [-0.4, -0.2) is 32.2 Å². The molecule has 0 saturated heterocycles. The topological polar surface area (TPSA) is 81.9 Å². The molecule has 0 aliphatic heterocycles. The van der Waals surface area contributed by atoms with Gasteiger partial charge in [-0.15, -0.1) is 10.2 Å². The number of aryl methyl sites for hydroxylation is 1. The lowest BCUT2D eigenvalue weighted by atomic mass is 10.1. The van der Waals surface area contributed by atoms with Crippen molar-refractivity contribution in [2.45, 2.75) is 20.0 Å². The fourth-order valence-corrected chi connectivity index (χ4v) is 2.20. The molecule has 118 valence electrons. The quantitative estimate of drug-likeness (QED) is 0.804. The van der Waals surface area contributed by atoms with Gasteiger partial charge in [0, 0.05) is 24.2 Å². The molecule has 1 N–H and O–H groups in total. The summed E-state index contributed by atoms with van der Waals surface area (Å²) >= 11 is 0. The van der Waals surface area contributed by atoms with Gasteiger partial charge in [-0.05, 0) is 37.6 Å². The lowest BCUT2D eigenvalue weighted by molar-refractivity contribution is 0.130. The van der Waals surface area contributed by atoms with Crippen molar-refractivity contribution in [2.24, 2.45) is 7.05 Å². The van der Waals surface area contributed by atoms with Gasteiger partial charge in [-0.3, -0.25) is 10.00 Å². The number of rotatable bonds is 3. The van der Waals surface area contributed by atoms with Crippen LogP contribution in [0, 0.1) is 0 Å². The van der Waals surface area contributed by atoms with Crippen molar-refractivity contribution in [3.05, 3.63) is 36.7 Å². The van der Waals surface area contributed by atoms with Crippen LogP contribution in [-0.2, 0) is 11.8 Å². The molecule has 7 nitrogen and oxygen atoms in total. The van der Waals surface area contributed by atoms with Crippen LogP contribution in [0.25, 0.3) is 22.0 Å². The van der Waals surface area contributed by atoms with E-state index >= 15 is 0 Å². The summed E-state index contributed by atoms with van der Waals surface area (Å²) in [6.07, 6.45) is 3.00. The largest absolute Gasteiger partial charge is 0.447 e. The monoisotopic (exact) mass is 311 g/mol. The van der Waals surface area contributed by atoms with Crippen molar-refractivity contribution in [1.82, 2.24) is 20.0 Å². The summed E-state index contributed by atoms with van der Waals surface area (Å²) in [6, 6.07) is 7.61. The number of hydrogen-bond donors (Lipinski definition) is 1. The highest BCUT2D eigenvalue weighted by Crippen LogP contribution is 2.24. The van der Waals surface area contributed by atoms with Gasteiger partial charge in [-0.1, -0.05) is 6.07 Å². The minimum atomic E-state index is -0.544. The highest BCUT2D eigenvalue weighted by atomic mass is 16.6. The number of amides is 1. The molecular formula is C16H17N5O2. The average molecular weight is 311 g/mol. The van der Waals surface area contributed by atoms with E-state index in [4.69, 9.17) is 4.74 Å². The standard InChI is InChI=1S/C16H17N5O2/c1-10(2)23-16(22)18-15-7-12-6-11(4-5-14(12)19-20-15)13-8-17-21(3)9-13/h4-10H,1-3H3,(H,18,20,22). The molecule has 3 aromatic rings. The van der Waals surface area contributed by atoms with Crippen LogP contribution in [0.15, 0.2) is 36.7 Å². The van der Waals surface area contributed by atoms with Gasteiger partial charge in [-0.2, -0.15) is 5.10 Å². The molecule has 23 heavy (non-hydrogen) atoms. The first-order chi connectivity index (χ1) is 11.0. The Labute approximate surface area is 133 Å². The number of benzene rings is 1. The molecule has 0 saturated carbocycles. The Morgan fingerprint density at radius 1 is 1.22 bits per heavy atom. The Hall–Kier alpha value is -2.96. The van der Waals surface area contributed by atoms with Crippen LogP contribution in [0.3, 0.4) is 0 Å². The van der Waals surface area contributed by atoms with Crippen LogP contribution in [0.5, 0.6) is 0 Å². The van der Waals surface area contributed by atoms with Crippen molar-refractivity contribution in [3.8, 4) is 11.1 Å². The average Bonchev–Trinajstić information content (AvgIpc) is 2.92. The Bertz CT molecular complexity index is 857. The zero-order chi connectivity index (χ0) is 16.4. The summed E-state index contributed by atoms with van der Waals surface area (Å²) in [4.78, 5) is 11.6. The van der Waals surface area contributed by atoms with Crippen LogP contribution in [0.4, 0.5) is 10.6 Å². The van der Waals surface area contributed by atoms with Gasteiger partial charge in [0.25, 0.3) is 0 Å². The normalized spacial score (nSPS) is 11.0. The van der Waals surface area contributed by atoms with Gasteiger partial charge >= 0.3 is 6.09 Å². The number of nitrogens with zero attached hydrogens (tertiary/aromatic N) is 4. The number of ether oxygens (including phenoxy) is 1. The summed E-state index contributed by atoms with van der Waals surface area (Å²) < 4.78 is 6.78. The number of nitrogens with one attached hydrogen (secondary N) is 1. The number of carbonyl (C=O) groups excluding carboxylic acids is 1. The van der Waals surface area contributed by atoms with Gasteiger partial charge in [0.2, 0.25) is 0 Å². The maximum absolute atomic E-state index is 11.6. The molecule has 7 heteroatoms. The first kappa shape index (κ1) is 15.0. The second kappa shape index (κ2) is 6.04. The van der Waals surface area contributed by atoms with E-state index in [0.717, 1.165) is 22.0 Å². The molecular weight excluding hydrogens is 294 g/mol. The predicted octanol–water partition coefficient (Wildman–Crippen LogP) is 2.99. The molecule has 0 fully saturated rings. The van der Waals surface area contributed by atoms with Crippen LogP contribution >= 0.6 is 0 Å². The van der Waals surface area contributed by atoms with Crippen molar-refractivity contribution in [1.29, 1.82) is 0 Å². The third-order valence-corrected chi connectivity index (χ3v) is 3.20. The van der Waals surface area contributed by atoms with Gasteiger partial charge in [0.15, 0.2) is 5.82 Å². The van der Waals surface area contributed by atoms with E-state index in [2.05, 4.69) is 20.6 Å². The maximum atomic E-state index is 11.6. The van der Waals surface area contributed by atoms with Crippen LogP contribution in [0.2, 0.25) is 0 Å². The third kappa shape index (κ3) is 3.45. The van der Waals surface area contributed by atoms with E-state index < -0.39 is 6.09 Å². The Balaban J connectivity index is 1.90. The number of aromatic nitrogens is 4. The molecule has 0 unspecified atom stereocenters. The van der Waals surface area contributed by atoms with E-state index in [-0.39, 0.29) is 6.10 Å². The highest BCUT2D eigenvalue weighted by Gasteiger charge is 2.09. The second-order valence-corrected chi connectivity index (χ2v) is 5.48. The summed E-state index contributed by atoms with van der Waals surface area (Å²) in [5, 5.41) is 15.7. The molecule has 0 bridgehead atoms. The smallest absolute Gasteiger partial charge is 0.413 e. The minimum absolute atomic E-state index is 0.194. The molecule has 0 aliphatic rings. The third-order valence-electron chi connectivity index (χ3n) is 3.20. The van der Waals surface area contributed by atoms with Gasteiger partial charge in [-0.25, -0.2) is 4.79 Å². The van der Waals surface area contributed by atoms with E-state index in [0.29, 0.717) is 5.82 Å². The second-order valence-electron chi connectivity index (χ2n) is 5.48. The van der Waals surface area contributed by atoms with Gasteiger partial charge in [0.05, 0.1) is 17.8 Å². The SMILES string of the molecule is CC(C)OC(=O)Nc1cc2cc(-c3cnn(C)c3)ccc2nn1. The lowest BCUT2D eigenvalue weighted by Crippen LogP contribution is -2.18. The fourth-order valence-electron chi connectivity index (χ4n) is 2.20.